The predicted molar refractivity (Wildman–Crippen MR) is 149 cm³/mol. The Morgan fingerprint density at radius 1 is 0.606 bits per heavy atom. The second-order valence-electron chi connectivity index (χ2n) is 9.83. The Hall–Kier alpha value is -0.930. The number of rotatable bonds is 14. The van der Waals surface area contributed by atoms with Gasteiger partial charge in [-0.25, -0.2) is 0 Å². The highest BCUT2D eigenvalue weighted by Gasteiger charge is 2.45. The molecule has 0 saturated carbocycles. The minimum absolute atomic E-state index is 0.339. The third kappa shape index (κ3) is 6.60. The van der Waals surface area contributed by atoms with E-state index in [1.807, 2.05) is 0 Å². The summed E-state index contributed by atoms with van der Waals surface area (Å²) < 4.78 is 2.06. The number of ketones is 1. The standard InChI is InChI=1S/C30H40Br2O/c1-3-5-7-9-11-13-19-30(20-14-12-10-8-6-4-2)28-22-24(32)16-18-26(28)25-17-15-23(31)21-27(25)29(30)33/h15-18,21-22H,3-14,19-20H2,1-2H3. The lowest BCUT2D eigenvalue weighted by Crippen LogP contribution is -2.39. The van der Waals surface area contributed by atoms with E-state index in [1.54, 1.807) is 0 Å². The van der Waals surface area contributed by atoms with Gasteiger partial charge in [-0.15, -0.1) is 0 Å². The fourth-order valence-electron chi connectivity index (χ4n) is 5.50. The molecule has 1 aliphatic carbocycles. The Balaban J connectivity index is 1.91. The summed E-state index contributed by atoms with van der Waals surface area (Å²) in [6.07, 6.45) is 17.0. The minimum atomic E-state index is -0.400. The molecular formula is C30H40Br2O. The van der Waals surface area contributed by atoms with Crippen LogP contribution in [0.4, 0.5) is 0 Å². The van der Waals surface area contributed by atoms with E-state index in [1.165, 1.54) is 75.3 Å². The Kier molecular flexibility index (Phi) is 10.7. The van der Waals surface area contributed by atoms with Crippen molar-refractivity contribution in [2.75, 3.05) is 0 Å². The second-order valence-corrected chi connectivity index (χ2v) is 11.7. The van der Waals surface area contributed by atoms with E-state index >= 15 is 0 Å². The van der Waals surface area contributed by atoms with Crippen LogP contribution >= 0.6 is 31.9 Å². The number of unbranched alkanes of at least 4 members (excludes halogenated alkanes) is 10. The molecule has 2 aromatic carbocycles. The molecule has 0 bridgehead atoms. The van der Waals surface area contributed by atoms with Crippen molar-refractivity contribution in [1.29, 1.82) is 0 Å². The first-order valence-corrected chi connectivity index (χ1v) is 14.8. The van der Waals surface area contributed by atoms with Crippen LogP contribution in [0.3, 0.4) is 0 Å². The van der Waals surface area contributed by atoms with Crippen molar-refractivity contribution in [3.05, 3.63) is 56.5 Å². The van der Waals surface area contributed by atoms with Crippen LogP contribution in [0, 0.1) is 0 Å². The summed E-state index contributed by atoms with van der Waals surface area (Å²) in [5.41, 5.74) is 4.09. The Bertz CT molecular complexity index is 902. The maximum Gasteiger partial charge on any atom is 0.174 e. The van der Waals surface area contributed by atoms with Crippen LogP contribution < -0.4 is 0 Å². The van der Waals surface area contributed by atoms with Gasteiger partial charge in [0.15, 0.2) is 5.78 Å². The summed E-state index contributed by atoms with van der Waals surface area (Å²) in [5.74, 6) is 0.339. The molecule has 0 radical (unpaired) electrons. The summed E-state index contributed by atoms with van der Waals surface area (Å²) in [4.78, 5) is 14.3. The average Bonchev–Trinajstić information content (AvgIpc) is 2.81. The van der Waals surface area contributed by atoms with Crippen molar-refractivity contribution >= 4 is 37.6 Å². The van der Waals surface area contributed by atoms with Crippen LogP contribution in [-0.4, -0.2) is 5.78 Å². The molecule has 1 aliphatic rings. The van der Waals surface area contributed by atoms with Crippen molar-refractivity contribution < 1.29 is 4.79 Å². The lowest BCUT2D eigenvalue weighted by Gasteiger charge is -2.39. The summed E-state index contributed by atoms with van der Waals surface area (Å²) in [5, 5.41) is 0. The number of hydrogen-bond donors (Lipinski definition) is 0. The minimum Gasteiger partial charge on any atom is -0.293 e. The van der Waals surface area contributed by atoms with Gasteiger partial charge in [-0.1, -0.05) is 135 Å². The zero-order valence-electron chi connectivity index (χ0n) is 20.5. The number of halogens is 2. The van der Waals surface area contributed by atoms with Gasteiger partial charge in [0.25, 0.3) is 0 Å². The molecule has 0 spiro atoms. The molecule has 0 atom stereocenters. The van der Waals surface area contributed by atoms with E-state index in [9.17, 15) is 4.79 Å². The predicted octanol–water partition coefficient (Wildman–Crippen LogP) is 10.8. The number of Topliss-reactive ketones (excluding diaryl/α,β-unsaturated/α-hetero) is 1. The summed E-state index contributed by atoms with van der Waals surface area (Å²) >= 11 is 7.34. The van der Waals surface area contributed by atoms with Gasteiger partial charge in [-0.3, -0.25) is 4.79 Å². The molecule has 3 rings (SSSR count). The number of fused-ring (bicyclic) bond motifs is 3. The number of benzene rings is 2. The van der Waals surface area contributed by atoms with Crippen molar-refractivity contribution in [3.63, 3.8) is 0 Å². The van der Waals surface area contributed by atoms with Crippen molar-refractivity contribution in [2.45, 2.75) is 109 Å². The molecule has 1 nitrogen and oxygen atoms in total. The maximum absolute atomic E-state index is 14.3. The first-order chi connectivity index (χ1) is 16.0. The summed E-state index contributed by atoms with van der Waals surface area (Å²) in [7, 11) is 0. The van der Waals surface area contributed by atoms with Crippen molar-refractivity contribution in [3.8, 4) is 11.1 Å². The van der Waals surface area contributed by atoms with E-state index in [0.717, 1.165) is 45.8 Å². The Morgan fingerprint density at radius 3 is 1.67 bits per heavy atom. The summed E-state index contributed by atoms with van der Waals surface area (Å²) in [6, 6.07) is 12.8. The van der Waals surface area contributed by atoms with E-state index in [-0.39, 0.29) is 0 Å². The second kappa shape index (κ2) is 13.2. The van der Waals surface area contributed by atoms with Gasteiger partial charge in [-0.05, 0) is 53.8 Å². The van der Waals surface area contributed by atoms with Crippen molar-refractivity contribution in [2.24, 2.45) is 0 Å². The quantitative estimate of drug-likeness (QED) is 0.205. The molecule has 0 N–H and O–H groups in total. The topological polar surface area (TPSA) is 17.1 Å². The third-order valence-corrected chi connectivity index (χ3v) is 8.35. The fraction of sp³-hybridized carbons (Fsp3) is 0.567. The molecule has 0 amide bonds. The highest BCUT2D eigenvalue weighted by molar-refractivity contribution is 9.10. The first kappa shape index (κ1) is 26.7. The van der Waals surface area contributed by atoms with Gasteiger partial charge < -0.3 is 0 Å². The molecule has 0 unspecified atom stereocenters. The first-order valence-electron chi connectivity index (χ1n) is 13.2. The van der Waals surface area contributed by atoms with Gasteiger partial charge in [0.1, 0.15) is 0 Å². The van der Waals surface area contributed by atoms with Crippen molar-refractivity contribution in [1.82, 2.24) is 0 Å². The van der Waals surface area contributed by atoms with Crippen LogP contribution in [0.15, 0.2) is 45.3 Å². The SMILES string of the molecule is CCCCCCCCC1(CCCCCCCC)C(=O)c2cc(Br)ccc2-c2ccc(Br)cc21. The normalized spacial score (nSPS) is 14.2. The lowest BCUT2D eigenvalue weighted by molar-refractivity contribution is 0.0854. The van der Waals surface area contributed by atoms with E-state index < -0.39 is 5.41 Å². The molecule has 2 aromatic rings. The van der Waals surface area contributed by atoms with Gasteiger partial charge in [0, 0.05) is 14.5 Å². The fourth-order valence-corrected chi connectivity index (χ4v) is 6.22. The largest absolute Gasteiger partial charge is 0.293 e. The van der Waals surface area contributed by atoms with Crippen LogP contribution in [0.1, 0.15) is 120 Å². The Labute approximate surface area is 218 Å². The van der Waals surface area contributed by atoms with Crippen LogP contribution in [0.2, 0.25) is 0 Å². The molecule has 0 heterocycles. The monoisotopic (exact) mass is 574 g/mol. The van der Waals surface area contributed by atoms with E-state index in [0.29, 0.717) is 5.78 Å². The summed E-state index contributed by atoms with van der Waals surface area (Å²) in [6.45, 7) is 4.53. The highest BCUT2D eigenvalue weighted by atomic mass is 79.9. The van der Waals surface area contributed by atoms with Crippen LogP contribution in [0.5, 0.6) is 0 Å². The average molecular weight is 576 g/mol. The third-order valence-electron chi connectivity index (χ3n) is 7.36. The molecule has 0 aliphatic heterocycles. The van der Waals surface area contributed by atoms with Gasteiger partial charge >= 0.3 is 0 Å². The van der Waals surface area contributed by atoms with Crippen LogP contribution in [-0.2, 0) is 5.41 Å². The number of carbonyl (C=O) groups excluding carboxylic acids is 1. The van der Waals surface area contributed by atoms with Gasteiger partial charge in [0.05, 0.1) is 5.41 Å². The highest BCUT2D eigenvalue weighted by Crippen LogP contribution is 2.49. The van der Waals surface area contributed by atoms with E-state index in [2.05, 4.69) is 82.1 Å². The zero-order chi connectivity index (χ0) is 23.7. The molecule has 3 heteroatoms. The molecule has 180 valence electrons. The Morgan fingerprint density at radius 2 is 1.09 bits per heavy atom. The number of hydrogen-bond acceptors (Lipinski definition) is 1. The molecule has 0 saturated heterocycles. The maximum atomic E-state index is 14.3. The molecular weight excluding hydrogens is 536 g/mol. The van der Waals surface area contributed by atoms with Crippen LogP contribution in [0.25, 0.3) is 11.1 Å². The van der Waals surface area contributed by atoms with Gasteiger partial charge in [-0.2, -0.15) is 0 Å². The zero-order valence-corrected chi connectivity index (χ0v) is 23.7. The smallest absolute Gasteiger partial charge is 0.174 e. The molecule has 0 aromatic heterocycles. The molecule has 33 heavy (non-hydrogen) atoms. The van der Waals surface area contributed by atoms with E-state index in [4.69, 9.17) is 0 Å². The van der Waals surface area contributed by atoms with Gasteiger partial charge in [0.2, 0.25) is 0 Å². The lowest BCUT2D eigenvalue weighted by atomic mass is 9.62. The number of carbonyl (C=O) groups is 1. The molecule has 0 fully saturated rings.